The second-order valence-electron chi connectivity index (χ2n) is 5.30. The van der Waals surface area contributed by atoms with Gasteiger partial charge in [-0.25, -0.2) is 0 Å². The van der Waals surface area contributed by atoms with Gasteiger partial charge in [0.15, 0.2) is 0 Å². The third-order valence-electron chi connectivity index (χ3n) is 3.91. The molecule has 1 amide bonds. The second-order valence-corrected chi connectivity index (χ2v) is 5.95. The Hall–Kier alpha value is -0.830. The van der Waals surface area contributed by atoms with Crippen LogP contribution in [0.3, 0.4) is 0 Å². The Bertz CT molecular complexity index is 458. The van der Waals surface area contributed by atoms with Gasteiger partial charge in [-0.1, -0.05) is 40.5 Å². The molecule has 3 heteroatoms. The molecule has 1 aliphatic heterocycles. The Kier molecular flexibility index (Phi) is 4.10. The standard InChI is InChI=1S/C15H20BrNO/c1-10-4-5-13(12(3)8-10)15(18)17-7-6-11(2)14(17)9-16/h4-5,8,11,14H,6-7,9H2,1-3H3. The minimum Gasteiger partial charge on any atom is -0.335 e. The topological polar surface area (TPSA) is 20.3 Å². The lowest BCUT2D eigenvalue weighted by molar-refractivity contribution is 0.0738. The molecule has 0 spiro atoms. The fraction of sp³-hybridized carbons (Fsp3) is 0.533. The van der Waals surface area contributed by atoms with Crippen molar-refractivity contribution in [3.63, 3.8) is 0 Å². The molecule has 0 aliphatic carbocycles. The van der Waals surface area contributed by atoms with Crippen LogP contribution in [0.2, 0.25) is 0 Å². The van der Waals surface area contributed by atoms with E-state index in [0.29, 0.717) is 12.0 Å². The number of alkyl halides is 1. The number of carbonyl (C=O) groups excluding carboxylic acids is 1. The highest BCUT2D eigenvalue weighted by Gasteiger charge is 2.34. The molecule has 1 fully saturated rings. The maximum Gasteiger partial charge on any atom is 0.254 e. The number of amides is 1. The number of likely N-dealkylation sites (tertiary alicyclic amines) is 1. The fourth-order valence-electron chi connectivity index (χ4n) is 2.70. The van der Waals surface area contributed by atoms with Crippen LogP contribution in [0.15, 0.2) is 18.2 Å². The number of hydrogen-bond donors (Lipinski definition) is 0. The van der Waals surface area contributed by atoms with Crippen molar-refractivity contribution >= 4 is 21.8 Å². The van der Waals surface area contributed by atoms with Crippen molar-refractivity contribution in [2.75, 3.05) is 11.9 Å². The number of rotatable bonds is 2. The zero-order valence-electron chi connectivity index (χ0n) is 11.2. The largest absolute Gasteiger partial charge is 0.335 e. The smallest absolute Gasteiger partial charge is 0.254 e. The van der Waals surface area contributed by atoms with E-state index < -0.39 is 0 Å². The van der Waals surface area contributed by atoms with Gasteiger partial charge in [-0.2, -0.15) is 0 Å². The molecular formula is C15H20BrNO. The maximum absolute atomic E-state index is 12.6. The molecule has 98 valence electrons. The summed E-state index contributed by atoms with van der Waals surface area (Å²) in [5, 5.41) is 0.866. The number of benzene rings is 1. The van der Waals surface area contributed by atoms with Crippen molar-refractivity contribution < 1.29 is 4.79 Å². The van der Waals surface area contributed by atoms with Crippen molar-refractivity contribution in [1.82, 2.24) is 4.90 Å². The normalized spacial score (nSPS) is 23.4. The van der Waals surface area contributed by atoms with Gasteiger partial charge < -0.3 is 4.90 Å². The summed E-state index contributed by atoms with van der Waals surface area (Å²) in [5.41, 5.74) is 3.13. The molecule has 2 nitrogen and oxygen atoms in total. The van der Waals surface area contributed by atoms with Crippen LogP contribution >= 0.6 is 15.9 Å². The summed E-state index contributed by atoms with van der Waals surface area (Å²) in [4.78, 5) is 14.6. The molecule has 0 aromatic heterocycles. The molecule has 2 unspecified atom stereocenters. The summed E-state index contributed by atoms with van der Waals surface area (Å²) >= 11 is 3.53. The van der Waals surface area contributed by atoms with E-state index in [1.807, 2.05) is 24.0 Å². The van der Waals surface area contributed by atoms with Crippen molar-refractivity contribution in [2.24, 2.45) is 5.92 Å². The predicted octanol–water partition coefficient (Wildman–Crippen LogP) is 3.55. The first-order valence-electron chi connectivity index (χ1n) is 6.48. The van der Waals surface area contributed by atoms with Gasteiger partial charge in [0.25, 0.3) is 5.91 Å². The van der Waals surface area contributed by atoms with E-state index in [1.54, 1.807) is 0 Å². The molecule has 1 aromatic carbocycles. The molecule has 0 saturated carbocycles. The quantitative estimate of drug-likeness (QED) is 0.765. The summed E-state index contributed by atoms with van der Waals surface area (Å²) in [6.45, 7) is 7.17. The average Bonchev–Trinajstić information content (AvgIpc) is 2.69. The van der Waals surface area contributed by atoms with Gasteiger partial charge in [0.05, 0.1) is 0 Å². The first-order valence-corrected chi connectivity index (χ1v) is 7.61. The minimum absolute atomic E-state index is 0.182. The first-order chi connectivity index (χ1) is 8.54. The Morgan fingerprint density at radius 3 is 2.78 bits per heavy atom. The number of nitrogens with zero attached hydrogens (tertiary/aromatic N) is 1. The van der Waals surface area contributed by atoms with Gasteiger partial charge in [0.2, 0.25) is 0 Å². The van der Waals surface area contributed by atoms with E-state index in [2.05, 4.69) is 35.8 Å². The molecule has 18 heavy (non-hydrogen) atoms. The third kappa shape index (κ3) is 2.46. The summed E-state index contributed by atoms with van der Waals surface area (Å²) in [7, 11) is 0. The zero-order valence-corrected chi connectivity index (χ0v) is 12.8. The van der Waals surface area contributed by atoms with E-state index in [1.165, 1.54) is 5.56 Å². The van der Waals surface area contributed by atoms with Crippen molar-refractivity contribution in [3.8, 4) is 0 Å². The zero-order chi connectivity index (χ0) is 13.3. The average molecular weight is 310 g/mol. The van der Waals surface area contributed by atoms with Crippen LogP contribution in [0.25, 0.3) is 0 Å². The van der Waals surface area contributed by atoms with Gasteiger partial charge in [-0.15, -0.1) is 0 Å². The highest BCUT2D eigenvalue weighted by Crippen LogP contribution is 2.27. The Morgan fingerprint density at radius 1 is 1.44 bits per heavy atom. The van der Waals surface area contributed by atoms with Gasteiger partial charge >= 0.3 is 0 Å². The first kappa shape index (κ1) is 13.6. The summed E-state index contributed by atoms with van der Waals surface area (Å²) in [5.74, 6) is 0.764. The van der Waals surface area contributed by atoms with Crippen LogP contribution in [0.5, 0.6) is 0 Å². The van der Waals surface area contributed by atoms with Crippen molar-refractivity contribution in [3.05, 3.63) is 34.9 Å². The van der Waals surface area contributed by atoms with Crippen LogP contribution in [0.4, 0.5) is 0 Å². The maximum atomic E-state index is 12.6. The third-order valence-corrected chi connectivity index (χ3v) is 4.58. The molecule has 1 aromatic rings. The van der Waals surface area contributed by atoms with E-state index >= 15 is 0 Å². The molecule has 1 heterocycles. The Balaban J connectivity index is 2.26. The highest BCUT2D eigenvalue weighted by molar-refractivity contribution is 9.09. The lowest BCUT2D eigenvalue weighted by atomic mass is 10.0. The van der Waals surface area contributed by atoms with Crippen LogP contribution in [-0.4, -0.2) is 28.7 Å². The highest BCUT2D eigenvalue weighted by atomic mass is 79.9. The van der Waals surface area contributed by atoms with Crippen LogP contribution in [0, 0.1) is 19.8 Å². The fourth-order valence-corrected chi connectivity index (χ4v) is 3.69. The number of hydrogen-bond acceptors (Lipinski definition) is 1. The lowest BCUT2D eigenvalue weighted by Crippen LogP contribution is -2.38. The number of halogens is 1. The molecule has 1 aliphatic rings. The Labute approximate surface area is 117 Å². The second kappa shape index (κ2) is 5.43. The van der Waals surface area contributed by atoms with Crippen molar-refractivity contribution in [2.45, 2.75) is 33.2 Å². The molecule has 0 radical (unpaired) electrons. The van der Waals surface area contributed by atoms with E-state index in [-0.39, 0.29) is 5.91 Å². The monoisotopic (exact) mass is 309 g/mol. The lowest BCUT2D eigenvalue weighted by Gasteiger charge is -2.26. The Morgan fingerprint density at radius 2 is 2.17 bits per heavy atom. The minimum atomic E-state index is 0.182. The summed E-state index contributed by atoms with van der Waals surface area (Å²) < 4.78 is 0. The van der Waals surface area contributed by atoms with Gasteiger partial charge in [0, 0.05) is 23.5 Å². The van der Waals surface area contributed by atoms with E-state index in [0.717, 1.165) is 29.4 Å². The van der Waals surface area contributed by atoms with Crippen LogP contribution < -0.4 is 0 Å². The van der Waals surface area contributed by atoms with Gasteiger partial charge in [-0.05, 0) is 37.8 Å². The van der Waals surface area contributed by atoms with Crippen LogP contribution in [-0.2, 0) is 0 Å². The summed E-state index contributed by atoms with van der Waals surface area (Å²) in [6.07, 6.45) is 1.10. The predicted molar refractivity (Wildman–Crippen MR) is 78.3 cm³/mol. The molecule has 2 rings (SSSR count). The van der Waals surface area contributed by atoms with E-state index in [4.69, 9.17) is 0 Å². The molecule has 0 N–H and O–H groups in total. The SMILES string of the molecule is Cc1ccc(C(=O)N2CCC(C)C2CBr)c(C)c1. The van der Waals surface area contributed by atoms with Crippen molar-refractivity contribution in [1.29, 1.82) is 0 Å². The molecule has 1 saturated heterocycles. The molecular weight excluding hydrogens is 290 g/mol. The van der Waals surface area contributed by atoms with Crippen LogP contribution in [0.1, 0.15) is 34.8 Å². The van der Waals surface area contributed by atoms with E-state index in [9.17, 15) is 4.79 Å². The molecule has 2 atom stereocenters. The number of carbonyl (C=O) groups is 1. The van der Waals surface area contributed by atoms with Gasteiger partial charge in [0.1, 0.15) is 0 Å². The summed E-state index contributed by atoms with van der Waals surface area (Å²) in [6, 6.07) is 6.39. The van der Waals surface area contributed by atoms with Gasteiger partial charge in [-0.3, -0.25) is 4.79 Å². The molecule has 0 bridgehead atoms. The number of aryl methyl sites for hydroxylation is 2.